The van der Waals surface area contributed by atoms with E-state index in [0.29, 0.717) is 49.3 Å². The molecule has 2 heterocycles. The summed E-state index contributed by atoms with van der Waals surface area (Å²) < 4.78 is 19.0. The number of aromatic amines is 1. The third-order valence-corrected chi connectivity index (χ3v) is 5.85. The van der Waals surface area contributed by atoms with Crippen molar-refractivity contribution < 1.29 is 13.6 Å². The smallest absolute Gasteiger partial charge is 0.337 e. The number of nitrogens with zero attached hydrogens (tertiary/aromatic N) is 2. The molecule has 0 unspecified atom stereocenters. The third-order valence-electron chi connectivity index (χ3n) is 5.85. The Labute approximate surface area is 161 Å². The molecule has 0 aliphatic heterocycles. The van der Waals surface area contributed by atoms with Crippen molar-refractivity contribution in [3.05, 3.63) is 32.4 Å². The van der Waals surface area contributed by atoms with Crippen molar-refractivity contribution in [2.45, 2.75) is 70.4 Å². The van der Waals surface area contributed by atoms with E-state index in [2.05, 4.69) is 15.1 Å². The second-order valence-electron chi connectivity index (χ2n) is 8.14. The maximum Gasteiger partial charge on any atom is 0.337 e. The lowest BCUT2D eigenvalue weighted by molar-refractivity contribution is 0.156. The van der Waals surface area contributed by atoms with Gasteiger partial charge in [0.25, 0.3) is 5.56 Å². The molecule has 2 aliphatic rings. The maximum absolute atomic E-state index is 13.9. The lowest BCUT2D eigenvalue weighted by Crippen LogP contribution is -2.26. The molecule has 0 bridgehead atoms. The predicted octanol–water partition coefficient (Wildman–Crippen LogP) is 3.65. The number of hydrogen-bond acceptors (Lipinski definition) is 6. The summed E-state index contributed by atoms with van der Waals surface area (Å²) >= 11 is 0. The zero-order valence-electron chi connectivity index (χ0n) is 15.9. The SMILES string of the molecule is CC1(F)CCC(=NOc2nc3oc(=O)cc(CCC4CCC4)c3c(=O)[nH]2)CC1. The van der Waals surface area contributed by atoms with Gasteiger partial charge in [-0.1, -0.05) is 24.4 Å². The molecular weight excluding hydrogens is 365 g/mol. The van der Waals surface area contributed by atoms with Crippen molar-refractivity contribution in [1.82, 2.24) is 9.97 Å². The van der Waals surface area contributed by atoms with Gasteiger partial charge in [0, 0.05) is 6.07 Å². The molecule has 8 heteroatoms. The molecule has 28 heavy (non-hydrogen) atoms. The van der Waals surface area contributed by atoms with Gasteiger partial charge in [0.05, 0.1) is 5.71 Å². The summed E-state index contributed by atoms with van der Waals surface area (Å²) in [6.07, 6.45) is 6.99. The van der Waals surface area contributed by atoms with Gasteiger partial charge in [0.2, 0.25) is 5.71 Å². The fourth-order valence-electron chi connectivity index (χ4n) is 3.77. The van der Waals surface area contributed by atoms with Crippen LogP contribution >= 0.6 is 0 Å². The largest absolute Gasteiger partial charge is 0.403 e. The second kappa shape index (κ2) is 7.48. The summed E-state index contributed by atoms with van der Waals surface area (Å²) in [6.45, 7) is 1.58. The minimum atomic E-state index is -1.17. The van der Waals surface area contributed by atoms with Gasteiger partial charge in [0.15, 0.2) is 0 Å². The van der Waals surface area contributed by atoms with Crippen LogP contribution in [0, 0.1) is 5.92 Å². The van der Waals surface area contributed by atoms with Crippen LogP contribution in [0.4, 0.5) is 4.39 Å². The minimum absolute atomic E-state index is 0.0463. The van der Waals surface area contributed by atoms with Gasteiger partial charge in [-0.25, -0.2) is 9.18 Å². The molecule has 1 N–H and O–H groups in total. The van der Waals surface area contributed by atoms with Crippen LogP contribution in [0.1, 0.15) is 63.9 Å². The molecule has 2 fully saturated rings. The molecule has 2 saturated carbocycles. The number of oxime groups is 1. The van der Waals surface area contributed by atoms with E-state index in [0.717, 1.165) is 6.42 Å². The lowest BCUT2D eigenvalue weighted by atomic mass is 9.81. The summed E-state index contributed by atoms with van der Waals surface area (Å²) in [4.78, 5) is 36.4. The van der Waals surface area contributed by atoms with E-state index in [-0.39, 0.29) is 17.1 Å². The molecule has 0 spiro atoms. The van der Waals surface area contributed by atoms with E-state index in [4.69, 9.17) is 9.25 Å². The van der Waals surface area contributed by atoms with Gasteiger partial charge < -0.3 is 9.25 Å². The standard InChI is InChI=1S/C20H24FN3O4/c1-20(21)9-7-14(8-10-20)24-28-19-22-17(26)16-13(6-5-12-3-2-4-12)11-15(25)27-18(16)23-19/h11-12H,2-10H2,1H3,(H,22,23,26). The van der Waals surface area contributed by atoms with Crippen LogP contribution in [0.5, 0.6) is 6.01 Å². The summed E-state index contributed by atoms with van der Waals surface area (Å²) in [6, 6.07) is 1.23. The zero-order chi connectivity index (χ0) is 19.7. The Morgan fingerprint density at radius 2 is 2.11 bits per heavy atom. The first-order chi connectivity index (χ1) is 13.4. The van der Waals surface area contributed by atoms with Crippen LogP contribution in [-0.2, 0) is 6.42 Å². The fraction of sp³-hybridized carbons (Fsp3) is 0.600. The normalized spacial score (nSPS) is 22.9. The number of hydrogen-bond donors (Lipinski definition) is 1. The van der Waals surface area contributed by atoms with Gasteiger partial charge in [-0.2, -0.15) is 4.98 Å². The molecule has 0 amide bonds. The van der Waals surface area contributed by atoms with Crippen molar-refractivity contribution in [2.24, 2.45) is 11.1 Å². The third kappa shape index (κ3) is 4.15. The summed E-state index contributed by atoms with van der Waals surface area (Å²) in [5.74, 6) is 0.662. The van der Waals surface area contributed by atoms with Gasteiger partial charge in [-0.3, -0.25) is 9.78 Å². The number of rotatable bonds is 5. The van der Waals surface area contributed by atoms with Crippen molar-refractivity contribution >= 4 is 16.8 Å². The van der Waals surface area contributed by atoms with Crippen LogP contribution in [0.15, 0.2) is 25.2 Å². The molecule has 2 aromatic rings. The minimum Gasteiger partial charge on any atom is -0.403 e. The maximum atomic E-state index is 13.9. The first-order valence-corrected chi connectivity index (χ1v) is 9.88. The first kappa shape index (κ1) is 18.8. The topological polar surface area (TPSA) is 97.5 Å². The fourth-order valence-corrected chi connectivity index (χ4v) is 3.77. The van der Waals surface area contributed by atoms with Gasteiger partial charge >= 0.3 is 11.6 Å². The number of aromatic nitrogens is 2. The molecule has 150 valence electrons. The molecule has 0 atom stereocenters. The van der Waals surface area contributed by atoms with Crippen LogP contribution in [0.3, 0.4) is 0 Å². The molecule has 0 radical (unpaired) electrons. The molecular formula is C20H24FN3O4. The Morgan fingerprint density at radius 3 is 2.79 bits per heavy atom. The Balaban J connectivity index is 1.56. The number of aryl methyl sites for hydroxylation is 1. The average Bonchev–Trinajstić information content (AvgIpc) is 2.58. The van der Waals surface area contributed by atoms with Crippen molar-refractivity contribution in [1.29, 1.82) is 0 Å². The Kier molecular flexibility index (Phi) is 5.03. The van der Waals surface area contributed by atoms with Crippen molar-refractivity contribution in [2.75, 3.05) is 0 Å². The number of alkyl halides is 1. The summed E-state index contributed by atoms with van der Waals surface area (Å²) in [5.41, 5.74) is -0.815. The molecule has 0 aromatic carbocycles. The van der Waals surface area contributed by atoms with E-state index in [1.807, 2.05) is 0 Å². The van der Waals surface area contributed by atoms with Crippen molar-refractivity contribution in [3.63, 3.8) is 0 Å². The Hall–Kier alpha value is -2.51. The highest BCUT2D eigenvalue weighted by Gasteiger charge is 2.29. The number of fused-ring (bicyclic) bond motifs is 1. The second-order valence-corrected chi connectivity index (χ2v) is 8.14. The molecule has 2 aliphatic carbocycles. The van der Waals surface area contributed by atoms with Gasteiger partial charge in [-0.15, -0.1) is 0 Å². The van der Waals surface area contributed by atoms with Crippen LogP contribution in [0.2, 0.25) is 0 Å². The molecule has 4 rings (SSSR count). The monoisotopic (exact) mass is 389 g/mol. The van der Waals surface area contributed by atoms with Crippen LogP contribution in [-0.4, -0.2) is 21.3 Å². The van der Waals surface area contributed by atoms with Gasteiger partial charge in [-0.05, 0) is 56.9 Å². The first-order valence-electron chi connectivity index (χ1n) is 9.88. The van der Waals surface area contributed by atoms with Crippen molar-refractivity contribution in [3.8, 4) is 6.01 Å². The Bertz CT molecular complexity index is 1010. The average molecular weight is 389 g/mol. The Morgan fingerprint density at radius 1 is 1.36 bits per heavy atom. The highest BCUT2D eigenvalue weighted by molar-refractivity contribution is 5.85. The number of nitrogens with one attached hydrogen (secondary N) is 1. The summed E-state index contributed by atoms with van der Waals surface area (Å²) in [7, 11) is 0. The molecule has 7 nitrogen and oxygen atoms in total. The van der Waals surface area contributed by atoms with Crippen LogP contribution < -0.4 is 16.0 Å². The van der Waals surface area contributed by atoms with Crippen LogP contribution in [0.25, 0.3) is 11.1 Å². The molecule has 0 saturated heterocycles. The predicted molar refractivity (Wildman–Crippen MR) is 103 cm³/mol. The van der Waals surface area contributed by atoms with E-state index >= 15 is 0 Å². The van der Waals surface area contributed by atoms with E-state index in [1.54, 1.807) is 6.92 Å². The summed E-state index contributed by atoms with van der Waals surface area (Å²) in [5, 5.41) is 4.27. The van der Waals surface area contributed by atoms with Gasteiger partial charge in [0.1, 0.15) is 11.1 Å². The number of halogens is 1. The van der Waals surface area contributed by atoms with E-state index in [1.165, 1.54) is 25.3 Å². The van der Waals surface area contributed by atoms with E-state index < -0.39 is 16.9 Å². The zero-order valence-corrected chi connectivity index (χ0v) is 15.9. The quantitative estimate of drug-likeness (QED) is 0.787. The van der Waals surface area contributed by atoms with E-state index in [9.17, 15) is 14.0 Å². The number of H-pyrrole nitrogens is 1. The highest BCUT2D eigenvalue weighted by atomic mass is 19.1. The molecule has 2 aromatic heterocycles. The lowest BCUT2D eigenvalue weighted by Gasteiger charge is -2.25. The highest BCUT2D eigenvalue weighted by Crippen LogP contribution is 2.31.